The first-order valence-corrected chi connectivity index (χ1v) is 8.93. The maximum absolute atomic E-state index is 12.9. The number of anilines is 1. The fourth-order valence-electron chi connectivity index (χ4n) is 2.78. The maximum atomic E-state index is 12.9. The van der Waals surface area contributed by atoms with Gasteiger partial charge in [-0.2, -0.15) is 0 Å². The van der Waals surface area contributed by atoms with E-state index >= 15 is 0 Å². The van der Waals surface area contributed by atoms with Crippen molar-refractivity contribution in [2.45, 2.75) is 19.1 Å². The normalized spacial score (nSPS) is 11.6. The van der Waals surface area contributed by atoms with E-state index < -0.39 is 11.9 Å². The second-order valence-corrected chi connectivity index (χ2v) is 6.31. The molecular weight excluding hydrogens is 356 g/mol. The van der Waals surface area contributed by atoms with E-state index in [0.29, 0.717) is 18.7 Å². The summed E-state index contributed by atoms with van der Waals surface area (Å²) in [6, 6.07) is 19.3. The molecule has 6 nitrogen and oxygen atoms in total. The minimum absolute atomic E-state index is 0.162. The van der Waals surface area contributed by atoms with E-state index in [0.717, 1.165) is 11.1 Å². The minimum atomic E-state index is -0.751. The molecule has 3 aromatic rings. The van der Waals surface area contributed by atoms with Crippen LogP contribution in [-0.2, 0) is 22.6 Å². The molecule has 1 aromatic heterocycles. The summed E-state index contributed by atoms with van der Waals surface area (Å²) in [6.45, 7) is 0.504. The summed E-state index contributed by atoms with van der Waals surface area (Å²) in [5, 5.41) is 5.61. The van der Waals surface area contributed by atoms with Gasteiger partial charge in [0.25, 0.3) is 5.91 Å². The van der Waals surface area contributed by atoms with Gasteiger partial charge in [0.2, 0.25) is 5.91 Å². The molecule has 1 atom stereocenters. The summed E-state index contributed by atoms with van der Waals surface area (Å²) in [7, 11) is 1.63. The molecule has 3 rings (SSSR count). The number of methoxy groups -OCH3 is 1. The summed E-state index contributed by atoms with van der Waals surface area (Å²) in [6.07, 6.45) is 1.78. The van der Waals surface area contributed by atoms with Crippen molar-refractivity contribution in [3.8, 4) is 0 Å². The van der Waals surface area contributed by atoms with E-state index in [1.165, 1.54) is 6.26 Å². The smallest absolute Gasteiger partial charge is 0.287 e. The second-order valence-electron chi connectivity index (χ2n) is 6.31. The van der Waals surface area contributed by atoms with E-state index in [4.69, 9.17) is 9.15 Å². The third-order valence-electron chi connectivity index (χ3n) is 4.18. The highest BCUT2D eigenvalue weighted by Gasteiger charge is 2.23. The molecule has 0 saturated heterocycles. The average molecular weight is 378 g/mol. The van der Waals surface area contributed by atoms with Crippen molar-refractivity contribution < 1.29 is 18.7 Å². The van der Waals surface area contributed by atoms with Gasteiger partial charge in [0.05, 0.1) is 12.9 Å². The first-order valence-electron chi connectivity index (χ1n) is 8.93. The number of amides is 2. The predicted molar refractivity (Wildman–Crippen MR) is 106 cm³/mol. The number of benzene rings is 2. The molecule has 0 fully saturated rings. The molecule has 28 heavy (non-hydrogen) atoms. The van der Waals surface area contributed by atoms with Crippen LogP contribution < -0.4 is 10.6 Å². The summed E-state index contributed by atoms with van der Waals surface area (Å²) in [5.41, 5.74) is 2.60. The molecule has 0 aliphatic heterocycles. The minimum Gasteiger partial charge on any atom is -0.459 e. The molecule has 6 heteroatoms. The van der Waals surface area contributed by atoms with Crippen LogP contribution in [0, 0.1) is 0 Å². The number of carbonyl (C=O) groups is 2. The highest BCUT2D eigenvalue weighted by atomic mass is 16.5. The number of hydrogen-bond donors (Lipinski definition) is 2. The number of rotatable bonds is 8. The second kappa shape index (κ2) is 9.53. The molecule has 144 valence electrons. The Labute approximate surface area is 163 Å². The van der Waals surface area contributed by atoms with E-state index in [-0.39, 0.29) is 11.7 Å². The fourth-order valence-corrected chi connectivity index (χ4v) is 2.78. The van der Waals surface area contributed by atoms with Crippen LogP contribution in [0.2, 0.25) is 0 Å². The Morgan fingerprint density at radius 1 is 0.964 bits per heavy atom. The van der Waals surface area contributed by atoms with Gasteiger partial charge in [-0.05, 0) is 35.4 Å². The van der Waals surface area contributed by atoms with E-state index in [2.05, 4.69) is 10.6 Å². The molecule has 2 aromatic carbocycles. The number of nitrogens with one attached hydrogen (secondary N) is 2. The lowest BCUT2D eigenvalue weighted by Crippen LogP contribution is -2.45. The molecule has 0 unspecified atom stereocenters. The van der Waals surface area contributed by atoms with E-state index in [9.17, 15) is 9.59 Å². The van der Waals surface area contributed by atoms with E-state index in [1.807, 2.05) is 42.5 Å². The predicted octanol–water partition coefficient (Wildman–Crippen LogP) is 3.41. The Balaban J connectivity index is 1.72. The lowest BCUT2D eigenvalue weighted by atomic mass is 10.0. The first-order chi connectivity index (χ1) is 13.7. The van der Waals surface area contributed by atoms with Crippen molar-refractivity contribution >= 4 is 17.5 Å². The molecule has 2 N–H and O–H groups in total. The summed E-state index contributed by atoms with van der Waals surface area (Å²) < 4.78 is 10.2. The average Bonchev–Trinajstić information content (AvgIpc) is 3.25. The molecule has 0 radical (unpaired) electrons. The fraction of sp³-hybridized carbons (Fsp3) is 0.182. The maximum Gasteiger partial charge on any atom is 0.287 e. The van der Waals surface area contributed by atoms with Crippen LogP contribution in [0.5, 0.6) is 0 Å². The molecule has 2 amide bonds. The number of furan rings is 1. The van der Waals surface area contributed by atoms with Gasteiger partial charge in [0.15, 0.2) is 5.76 Å². The van der Waals surface area contributed by atoms with Gasteiger partial charge in [-0.1, -0.05) is 42.5 Å². The van der Waals surface area contributed by atoms with Gasteiger partial charge in [0.1, 0.15) is 6.04 Å². The van der Waals surface area contributed by atoms with Crippen LogP contribution in [0.15, 0.2) is 77.4 Å². The highest BCUT2D eigenvalue weighted by Crippen LogP contribution is 2.12. The zero-order chi connectivity index (χ0) is 19.8. The molecular formula is C22H22N2O4. The van der Waals surface area contributed by atoms with Crippen LogP contribution in [0.4, 0.5) is 5.69 Å². The first kappa shape index (κ1) is 19.4. The SMILES string of the molecule is COCc1ccc(NC(=O)[C@H](Cc2ccccc2)NC(=O)c2ccco2)cc1. The van der Waals surface area contributed by atoms with Crippen molar-refractivity contribution in [1.29, 1.82) is 0 Å². The Morgan fingerprint density at radius 3 is 2.36 bits per heavy atom. The number of hydrogen-bond acceptors (Lipinski definition) is 4. The van der Waals surface area contributed by atoms with Crippen molar-refractivity contribution in [2.24, 2.45) is 0 Å². The van der Waals surface area contributed by atoms with Gasteiger partial charge in [-0.3, -0.25) is 9.59 Å². The Hall–Kier alpha value is -3.38. The topological polar surface area (TPSA) is 80.6 Å². The molecule has 0 spiro atoms. The van der Waals surface area contributed by atoms with Crippen LogP contribution in [0.3, 0.4) is 0 Å². The monoisotopic (exact) mass is 378 g/mol. The van der Waals surface area contributed by atoms with Crippen molar-refractivity contribution in [3.05, 3.63) is 89.9 Å². The van der Waals surface area contributed by atoms with Gasteiger partial charge in [-0.15, -0.1) is 0 Å². The molecule has 0 aliphatic carbocycles. The van der Waals surface area contributed by atoms with Crippen LogP contribution in [0.1, 0.15) is 21.7 Å². The summed E-state index contributed by atoms with van der Waals surface area (Å²) in [5.74, 6) is -0.574. The lowest BCUT2D eigenvalue weighted by molar-refractivity contribution is -0.118. The quantitative estimate of drug-likeness (QED) is 0.629. The summed E-state index contributed by atoms with van der Waals surface area (Å²) >= 11 is 0. The van der Waals surface area contributed by atoms with Crippen LogP contribution in [0.25, 0.3) is 0 Å². The highest BCUT2D eigenvalue weighted by molar-refractivity contribution is 6.00. The van der Waals surface area contributed by atoms with Crippen molar-refractivity contribution in [1.82, 2.24) is 5.32 Å². The van der Waals surface area contributed by atoms with Crippen LogP contribution in [-0.4, -0.2) is 25.0 Å². The Morgan fingerprint density at radius 2 is 1.71 bits per heavy atom. The largest absolute Gasteiger partial charge is 0.459 e. The molecule has 0 saturated carbocycles. The Kier molecular flexibility index (Phi) is 6.59. The molecule has 0 aliphatic rings. The number of ether oxygens (including phenoxy) is 1. The molecule has 0 bridgehead atoms. The van der Waals surface area contributed by atoms with Gasteiger partial charge in [0, 0.05) is 19.2 Å². The van der Waals surface area contributed by atoms with Crippen LogP contribution >= 0.6 is 0 Å². The van der Waals surface area contributed by atoms with Gasteiger partial charge < -0.3 is 19.8 Å². The zero-order valence-electron chi connectivity index (χ0n) is 15.6. The van der Waals surface area contributed by atoms with Gasteiger partial charge >= 0.3 is 0 Å². The third-order valence-corrected chi connectivity index (χ3v) is 4.18. The van der Waals surface area contributed by atoms with Gasteiger partial charge in [-0.25, -0.2) is 0 Å². The summed E-state index contributed by atoms with van der Waals surface area (Å²) in [4.78, 5) is 25.2. The zero-order valence-corrected chi connectivity index (χ0v) is 15.6. The Bertz CT molecular complexity index is 890. The number of carbonyl (C=O) groups excluding carboxylic acids is 2. The standard InChI is InChI=1S/C22H22N2O4/c1-27-15-17-9-11-18(12-10-17)23-21(25)19(14-16-6-3-2-4-7-16)24-22(26)20-8-5-13-28-20/h2-13,19H,14-15H2,1H3,(H,23,25)(H,24,26)/t19-/m0/s1. The lowest BCUT2D eigenvalue weighted by Gasteiger charge is -2.18. The molecule has 1 heterocycles. The van der Waals surface area contributed by atoms with Crippen molar-refractivity contribution in [3.63, 3.8) is 0 Å². The van der Waals surface area contributed by atoms with Crippen molar-refractivity contribution in [2.75, 3.05) is 12.4 Å². The van der Waals surface area contributed by atoms with E-state index in [1.54, 1.807) is 31.4 Å². The third kappa shape index (κ3) is 5.31.